The Labute approximate surface area is 165 Å². The predicted molar refractivity (Wildman–Crippen MR) is 101 cm³/mol. The van der Waals surface area contributed by atoms with Crippen molar-refractivity contribution in [2.24, 2.45) is 0 Å². The number of nitrogens with zero attached hydrogens (tertiary/aromatic N) is 5. The van der Waals surface area contributed by atoms with Gasteiger partial charge in [-0.3, -0.25) is 14.8 Å². The summed E-state index contributed by atoms with van der Waals surface area (Å²) in [7, 11) is 0. The van der Waals surface area contributed by atoms with Crippen LogP contribution in [0.15, 0.2) is 24.5 Å². The number of carbonyl (C=O) groups is 1. The minimum Gasteiger partial charge on any atom is -0.291 e. The summed E-state index contributed by atoms with van der Waals surface area (Å²) in [6, 6.07) is 3.54. The van der Waals surface area contributed by atoms with Crippen molar-refractivity contribution in [2.75, 3.05) is 5.32 Å². The lowest BCUT2D eigenvalue weighted by molar-refractivity contribution is -0.119. The number of rotatable bonds is 5. The Hall–Kier alpha value is -2.45. The molecule has 142 valence electrons. The second kappa shape index (κ2) is 7.66. The molecule has 0 radical (unpaired) electrons. The average molecular weight is 411 g/mol. The summed E-state index contributed by atoms with van der Waals surface area (Å²) in [5.74, 6) is -0.582. The fraction of sp³-hybridized carbons (Fsp3) is 0.294. The highest BCUT2D eigenvalue weighted by molar-refractivity contribution is 6.32. The van der Waals surface area contributed by atoms with E-state index in [4.69, 9.17) is 23.2 Å². The van der Waals surface area contributed by atoms with E-state index in [1.165, 1.54) is 23.1 Å². The molecule has 1 atom stereocenters. The first-order valence-corrected chi connectivity index (χ1v) is 8.87. The molecule has 1 amide bonds. The number of anilines is 1. The van der Waals surface area contributed by atoms with Gasteiger partial charge in [-0.15, -0.1) is 5.10 Å². The van der Waals surface area contributed by atoms with Gasteiger partial charge in [0.1, 0.15) is 18.2 Å². The third-order valence-corrected chi connectivity index (χ3v) is 5.00. The molecule has 2 heterocycles. The molecule has 1 N–H and O–H groups in total. The fourth-order valence-electron chi connectivity index (χ4n) is 2.60. The van der Waals surface area contributed by atoms with Crippen LogP contribution in [0, 0.1) is 19.7 Å². The maximum Gasteiger partial charge on any atom is 0.251 e. The summed E-state index contributed by atoms with van der Waals surface area (Å²) in [4.78, 5) is 16.5. The molecule has 0 spiro atoms. The van der Waals surface area contributed by atoms with Gasteiger partial charge in [-0.25, -0.2) is 14.1 Å². The summed E-state index contributed by atoms with van der Waals surface area (Å²) < 4.78 is 16.2. The first-order chi connectivity index (χ1) is 12.8. The van der Waals surface area contributed by atoms with Crippen LogP contribution in [0.5, 0.6) is 0 Å². The summed E-state index contributed by atoms with van der Waals surface area (Å²) >= 11 is 12.2. The second-order valence-corrected chi connectivity index (χ2v) is 6.88. The Morgan fingerprint density at radius 1 is 1.30 bits per heavy atom. The second-order valence-electron chi connectivity index (χ2n) is 6.10. The molecule has 0 saturated heterocycles. The number of aryl methyl sites for hydroxylation is 1. The van der Waals surface area contributed by atoms with Gasteiger partial charge in [-0.1, -0.05) is 29.3 Å². The third-order valence-electron chi connectivity index (χ3n) is 4.10. The Bertz CT molecular complexity index is 999. The number of hydrogen-bond donors (Lipinski definition) is 1. The first kappa shape index (κ1) is 19.3. The van der Waals surface area contributed by atoms with Crippen LogP contribution in [-0.4, -0.2) is 30.5 Å². The summed E-state index contributed by atoms with van der Waals surface area (Å²) in [6.45, 7) is 5.58. The van der Waals surface area contributed by atoms with E-state index >= 15 is 0 Å². The zero-order valence-electron chi connectivity index (χ0n) is 14.9. The van der Waals surface area contributed by atoms with Crippen molar-refractivity contribution in [3.05, 3.63) is 57.3 Å². The van der Waals surface area contributed by atoms with E-state index in [1.54, 1.807) is 31.5 Å². The molecule has 1 unspecified atom stereocenters. The highest BCUT2D eigenvalue weighted by Crippen LogP contribution is 2.23. The number of amides is 1. The van der Waals surface area contributed by atoms with Gasteiger partial charge in [-0.05, 0) is 38.5 Å². The van der Waals surface area contributed by atoms with E-state index in [0.717, 1.165) is 0 Å². The van der Waals surface area contributed by atoms with Gasteiger partial charge in [0.15, 0.2) is 0 Å². The van der Waals surface area contributed by atoms with E-state index in [0.29, 0.717) is 33.5 Å². The molecule has 0 fully saturated rings. The molecule has 3 rings (SSSR count). The zero-order valence-corrected chi connectivity index (χ0v) is 16.4. The van der Waals surface area contributed by atoms with Crippen molar-refractivity contribution in [1.29, 1.82) is 0 Å². The van der Waals surface area contributed by atoms with Crippen LogP contribution in [0.3, 0.4) is 0 Å². The van der Waals surface area contributed by atoms with Gasteiger partial charge >= 0.3 is 0 Å². The van der Waals surface area contributed by atoms with Gasteiger partial charge in [0.05, 0.1) is 23.0 Å². The molecule has 7 nitrogen and oxygen atoms in total. The SMILES string of the molecule is Cc1nn(C(C)C(=O)Nc2ncn(Cc3ccc(F)cc3Cl)n2)c(C)c1Cl. The normalized spacial score (nSPS) is 12.2. The minimum absolute atomic E-state index is 0.151. The summed E-state index contributed by atoms with van der Waals surface area (Å²) in [5.41, 5.74) is 2.06. The van der Waals surface area contributed by atoms with Crippen molar-refractivity contribution in [3.8, 4) is 0 Å². The number of nitrogens with one attached hydrogen (secondary N) is 1. The molecule has 3 aromatic rings. The summed E-state index contributed by atoms with van der Waals surface area (Å²) in [6.07, 6.45) is 1.46. The molecule has 0 aliphatic carbocycles. The van der Waals surface area contributed by atoms with Gasteiger partial charge in [-0.2, -0.15) is 5.10 Å². The molecule has 27 heavy (non-hydrogen) atoms. The minimum atomic E-state index is -0.588. The molecular weight excluding hydrogens is 394 g/mol. The molecule has 0 bridgehead atoms. The Morgan fingerprint density at radius 2 is 2.04 bits per heavy atom. The van der Waals surface area contributed by atoms with Gasteiger partial charge in [0.2, 0.25) is 5.95 Å². The lowest BCUT2D eigenvalue weighted by Crippen LogP contribution is -2.25. The zero-order chi connectivity index (χ0) is 19.7. The number of carbonyl (C=O) groups excluding carboxylic acids is 1. The summed E-state index contributed by atoms with van der Waals surface area (Å²) in [5, 5.41) is 12.0. The van der Waals surface area contributed by atoms with Crippen LogP contribution < -0.4 is 5.32 Å². The molecule has 2 aromatic heterocycles. The van der Waals surface area contributed by atoms with Crippen molar-refractivity contribution in [1.82, 2.24) is 24.5 Å². The van der Waals surface area contributed by atoms with Crippen molar-refractivity contribution in [3.63, 3.8) is 0 Å². The van der Waals surface area contributed by atoms with Crippen LogP contribution in [-0.2, 0) is 11.3 Å². The smallest absolute Gasteiger partial charge is 0.251 e. The van der Waals surface area contributed by atoms with Crippen LogP contribution in [0.2, 0.25) is 10.0 Å². The largest absolute Gasteiger partial charge is 0.291 e. The van der Waals surface area contributed by atoms with E-state index in [2.05, 4.69) is 20.5 Å². The fourth-order valence-corrected chi connectivity index (χ4v) is 2.95. The van der Waals surface area contributed by atoms with Crippen molar-refractivity contribution >= 4 is 35.1 Å². The first-order valence-electron chi connectivity index (χ1n) is 8.11. The molecule has 0 aliphatic heterocycles. The van der Waals surface area contributed by atoms with E-state index in [9.17, 15) is 9.18 Å². The van der Waals surface area contributed by atoms with Crippen molar-refractivity contribution < 1.29 is 9.18 Å². The molecular formula is C17H17Cl2FN6O. The quantitative estimate of drug-likeness (QED) is 0.693. The predicted octanol–water partition coefficient (Wildman–Crippen LogP) is 3.79. The highest BCUT2D eigenvalue weighted by atomic mass is 35.5. The Balaban J connectivity index is 1.69. The van der Waals surface area contributed by atoms with E-state index < -0.39 is 11.9 Å². The molecule has 0 saturated carbocycles. The van der Waals surface area contributed by atoms with Crippen LogP contribution in [0.4, 0.5) is 10.3 Å². The van der Waals surface area contributed by atoms with Crippen molar-refractivity contribution in [2.45, 2.75) is 33.4 Å². The van der Waals surface area contributed by atoms with Gasteiger partial charge < -0.3 is 0 Å². The number of benzene rings is 1. The third kappa shape index (κ3) is 4.12. The van der Waals surface area contributed by atoms with Crippen LogP contribution >= 0.6 is 23.2 Å². The lowest BCUT2D eigenvalue weighted by atomic mass is 10.2. The number of aromatic nitrogens is 5. The Kier molecular flexibility index (Phi) is 5.48. The molecule has 0 aliphatic rings. The number of hydrogen-bond acceptors (Lipinski definition) is 4. The van der Waals surface area contributed by atoms with E-state index in [1.807, 2.05) is 0 Å². The average Bonchev–Trinajstić information content (AvgIpc) is 3.16. The molecule has 10 heteroatoms. The maximum absolute atomic E-state index is 13.1. The van der Waals surface area contributed by atoms with Crippen LogP contribution in [0.25, 0.3) is 0 Å². The monoisotopic (exact) mass is 410 g/mol. The molecule has 1 aromatic carbocycles. The highest BCUT2D eigenvalue weighted by Gasteiger charge is 2.21. The standard InChI is InChI=1S/C17H17Cl2FN6O/c1-9-15(19)10(2)26(23-9)11(3)16(27)22-17-21-8-25(24-17)7-12-4-5-13(20)6-14(12)18/h4-6,8,11H,7H2,1-3H3,(H,22,24,27). The topological polar surface area (TPSA) is 77.6 Å². The van der Waals surface area contributed by atoms with Gasteiger partial charge in [0.25, 0.3) is 5.91 Å². The lowest BCUT2D eigenvalue weighted by Gasteiger charge is -2.13. The maximum atomic E-state index is 13.1. The van der Waals surface area contributed by atoms with Gasteiger partial charge in [0, 0.05) is 5.02 Å². The number of halogens is 3. The Morgan fingerprint density at radius 3 is 2.67 bits per heavy atom. The van der Waals surface area contributed by atoms with E-state index in [-0.39, 0.29) is 11.9 Å². The van der Waals surface area contributed by atoms with Crippen LogP contribution in [0.1, 0.15) is 29.9 Å².